The molecule has 23 heavy (non-hydrogen) atoms. The van der Waals surface area contributed by atoms with Crippen LogP contribution in [-0.4, -0.2) is 24.7 Å². The van der Waals surface area contributed by atoms with E-state index in [1.165, 1.54) is 17.2 Å². The molecule has 1 aliphatic carbocycles. The van der Waals surface area contributed by atoms with Crippen LogP contribution in [0.25, 0.3) is 0 Å². The molecule has 0 N–H and O–H groups in total. The molecule has 1 aromatic heterocycles. The number of aromatic nitrogens is 4. The first-order valence-corrected chi connectivity index (χ1v) is 7.82. The Kier molecular flexibility index (Phi) is 4.22. The molecule has 0 amide bonds. The second-order valence-electron chi connectivity index (χ2n) is 6.02. The maximum atomic E-state index is 12.0. The molecule has 0 spiro atoms. The maximum absolute atomic E-state index is 12.0. The van der Waals surface area contributed by atoms with E-state index in [0.717, 1.165) is 31.2 Å². The lowest BCUT2D eigenvalue weighted by molar-refractivity contribution is -0.385. The third-order valence-electron chi connectivity index (χ3n) is 4.38. The van der Waals surface area contributed by atoms with Gasteiger partial charge in [0, 0.05) is 11.6 Å². The minimum atomic E-state index is -0.404. The SMILES string of the molecule is Cc1cc(Cn2c(=O)nnn2C2CCCCC2)ccc1[N+](=O)[O-]. The van der Waals surface area contributed by atoms with Crippen molar-refractivity contribution in [2.24, 2.45) is 0 Å². The van der Waals surface area contributed by atoms with Crippen molar-refractivity contribution in [1.82, 2.24) is 19.8 Å². The summed E-state index contributed by atoms with van der Waals surface area (Å²) in [5.74, 6) is 0. The van der Waals surface area contributed by atoms with E-state index in [4.69, 9.17) is 0 Å². The molecule has 1 aromatic carbocycles. The van der Waals surface area contributed by atoms with Gasteiger partial charge in [-0.15, -0.1) is 0 Å². The van der Waals surface area contributed by atoms with Gasteiger partial charge in [0.15, 0.2) is 0 Å². The largest absolute Gasteiger partial charge is 0.384 e. The van der Waals surface area contributed by atoms with Crippen molar-refractivity contribution in [1.29, 1.82) is 0 Å². The molecule has 0 bridgehead atoms. The molecule has 122 valence electrons. The molecule has 2 aromatic rings. The van der Waals surface area contributed by atoms with Crippen molar-refractivity contribution in [3.63, 3.8) is 0 Å². The van der Waals surface area contributed by atoms with Crippen LogP contribution in [0, 0.1) is 17.0 Å². The van der Waals surface area contributed by atoms with Gasteiger partial charge in [-0.3, -0.25) is 10.1 Å². The number of benzene rings is 1. The monoisotopic (exact) mass is 317 g/mol. The summed E-state index contributed by atoms with van der Waals surface area (Å²) in [5.41, 5.74) is 1.11. The van der Waals surface area contributed by atoms with Crippen LogP contribution in [0.2, 0.25) is 0 Å². The van der Waals surface area contributed by atoms with Gasteiger partial charge in [0.1, 0.15) is 0 Å². The molecule has 0 radical (unpaired) electrons. The highest BCUT2D eigenvalue weighted by molar-refractivity contribution is 5.41. The number of rotatable bonds is 4. The Balaban J connectivity index is 1.88. The molecular formula is C15H19N5O3. The molecule has 0 unspecified atom stereocenters. The van der Waals surface area contributed by atoms with Crippen LogP contribution < -0.4 is 5.69 Å². The summed E-state index contributed by atoms with van der Waals surface area (Å²) in [6, 6.07) is 5.10. The number of aryl methyl sites for hydroxylation is 1. The Morgan fingerprint density at radius 2 is 2.04 bits per heavy atom. The topological polar surface area (TPSA) is 95.8 Å². The number of tetrazole rings is 1. The molecular weight excluding hydrogens is 298 g/mol. The van der Waals surface area contributed by atoms with Crippen LogP contribution in [0.1, 0.15) is 49.3 Å². The minimum Gasteiger partial charge on any atom is -0.258 e. The maximum Gasteiger partial charge on any atom is 0.384 e. The van der Waals surface area contributed by atoms with Gasteiger partial charge in [-0.05, 0) is 36.6 Å². The molecule has 8 nitrogen and oxygen atoms in total. The van der Waals surface area contributed by atoms with Gasteiger partial charge >= 0.3 is 5.69 Å². The first-order valence-electron chi connectivity index (χ1n) is 7.82. The quantitative estimate of drug-likeness (QED) is 0.636. The third-order valence-corrected chi connectivity index (χ3v) is 4.38. The average Bonchev–Trinajstić information content (AvgIpc) is 2.89. The van der Waals surface area contributed by atoms with E-state index in [9.17, 15) is 14.9 Å². The number of hydrogen-bond acceptors (Lipinski definition) is 5. The number of nitro groups is 1. The van der Waals surface area contributed by atoms with Gasteiger partial charge < -0.3 is 0 Å². The van der Waals surface area contributed by atoms with E-state index in [2.05, 4.69) is 10.3 Å². The smallest absolute Gasteiger partial charge is 0.258 e. The predicted molar refractivity (Wildman–Crippen MR) is 83.3 cm³/mol. The number of nitrogens with zero attached hydrogens (tertiary/aromatic N) is 5. The fraction of sp³-hybridized carbons (Fsp3) is 0.533. The van der Waals surface area contributed by atoms with Crippen molar-refractivity contribution < 1.29 is 4.92 Å². The van der Waals surface area contributed by atoms with Gasteiger partial charge in [0.25, 0.3) is 5.69 Å². The second kappa shape index (κ2) is 6.31. The van der Waals surface area contributed by atoms with Crippen LogP contribution in [-0.2, 0) is 6.54 Å². The molecule has 0 aliphatic heterocycles. The summed E-state index contributed by atoms with van der Waals surface area (Å²) in [5, 5.41) is 18.6. The molecule has 1 saturated carbocycles. The van der Waals surface area contributed by atoms with E-state index in [1.54, 1.807) is 23.9 Å². The zero-order valence-corrected chi connectivity index (χ0v) is 13.0. The average molecular weight is 317 g/mol. The van der Waals surface area contributed by atoms with Gasteiger partial charge in [0.05, 0.1) is 17.5 Å². The Morgan fingerprint density at radius 1 is 1.30 bits per heavy atom. The van der Waals surface area contributed by atoms with Crippen molar-refractivity contribution in [2.75, 3.05) is 0 Å². The molecule has 0 saturated heterocycles. The van der Waals surface area contributed by atoms with E-state index in [1.807, 2.05) is 0 Å². The van der Waals surface area contributed by atoms with E-state index in [0.29, 0.717) is 12.1 Å². The molecule has 1 heterocycles. The Hall–Kier alpha value is -2.51. The van der Waals surface area contributed by atoms with Crippen LogP contribution >= 0.6 is 0 Å². The first-order chi connectivity index (χ1) is 11.1. The normalized spacial score (nSPS) is 15.7. The zero-order chi connectivity index (χ0) is 16.4. The Labute approximate surface area is 132 Å². The summed E-state index contributed by atoms with van der Waals surface area (Å²) in [4.78, 5) is 24.2. The van der Waals surface area contributed by atoms with Gasteiger partial charge in [0.2, 0.25) is 0 Å². The predicted octanol–water partition coefficient (Wildman–Crippen LogP) is 2.21. The summed E-state index contributed by atoms with van der Waals surface area (Å²) in [6.45, 7) is 2.02. The van der Waals surface area contributed by atoms with Gasteiger partial charge in [-0.2, -0.15) is 4.80 Å². The van der Waals surface area contributed by atoms with Crippen molar-refractivity contribution in [2.45, 2.75) is 51.6 Å². The van der Waals surface area contributed by atoms with Crippen molar-refractivity contribution >= 4 is 5.69 Å². The molecule has 1 fully saturated rings. The Bertz CT molecular complexity index is 774. The summed E-state index contributed by atoms with van der Waals surface area (Å²) >= 11 is 0. The molecule has 0 atom stereocenters. The highest BCUT2D eigenvalue weighted by atomic mass is 16.6. The minimum absolute atomic E-state index is 0.0833. The fourth-order valence-electron chi connectivity index (χ4n) is 3.19. The van der Waals surface area contributed by atoms with Crippen LogP contribution in [0.5, 0.6) is 0 Å². The highest BCUT2D eigenvalue weighted by Crippen LogP contribution is 2.27. The lowest BCUT2D eigenvalue weighted by atomic mass is 9.96. The van der Waals surface area contributed by atoms with Crippen molar-refractivity contribution in [3.8, 4) is 0 Å². The molecule has 8 heteroatoms. The number of nitro benzene ring substituents is 1. The van der Waals surface area contributed by atoms with E-state index < -0.39 is 4.92 Å². The summed E-state index contributed by atoms with van der Waals surface area (Å²) in [7, 11) is 0. The summed E-state index contributed by atoms with van der Waals surface area (Å²) in [6.07, 6.45) is 5.49. The number of hydrogen-bond donors (Lipinski definition) is 0. The van der Waals surface area contributed by atoms with Crippen LogP contribution in [0.4, 0.5) is 5.69 Å². The lowest BCUT2D eigenvalue weighted by Crippen LogP contribution is -2.28. The standard InChI is InChI=1S/C15H19N5O3/c1-11-9-12(7-8-14(11)20(22)23)10-18-15(21)16-17-19(18)13-5-3-2-4-6-13/h7-9,13H,2-6,10H2,1H3. The van der Waals surface area contributed by atoms with Crippen LogP contribution in [0.15, 0.2) is 23.0 Å². The first kappa shape index (κ1) is 15.4. The second-order valence-corrected chi connectivity index (χ2v) is 6.02. The third kappa shape index (κ3) is 3.15. The van der Waals surface area contributed by atoms with Gasteiger partial charge in [-0.1, -0.05) is 30.4 Å². The summed E-state index contributed by atoms with van der Waals surface area (Å²) < 4.78 is 1.52. The van der Waals surface area contributed by atoms with E-state index in [-0.39, 0.29) is 17.4 Å². The highest BCUT2D eigenvalue weighted by Gasteiger charge is 2.20. The van der Waals surface area contributed by atoms with Gasteiger partial charge in [-0.25, -0.2) is 9.48 Å². The zero-order valence-electron chi connectivity index (χ0n) is 13.0. The molecule has 3 rings (SSSR count). The molecule has 1 aliphatic rings. The van der Waals surface area contributed by atoms with Crippen molar-refractivity contribution in [3.05, 3.63) is 49.9 Å². The van der Waals surface area contributed by atoms with E-state index >= 15 is 0 Å². The Morgan fingerprint density at radius 3 is 2.70 bits per heavy atom. The van der Waals surface area contributed by atoms with Crippen LogP contribution in [0.3, 0.4) is 0 Å². The fourth-order valence-corrected chi connectivity index (χ4v) is 3.19. The lowest BCUT2D eigenvalue weighted by Gasteiger charge is -2.23.